The van der Waals surface area contributed by atoms with Crippen molar-refractivity contribution in [2.75, 3.05) is 31.6 Å². The molecule has 1 atom stereocenters. The standard InChI is InChI=1S/C39H46N8O4/c1-39(2,3)51-38(49)46(22-27-9-7-10-27)31-12-8-20-44(25-31)36-19-16-30(40-42-36)24-45-26-34(41-43-45)35-21-29-11-5-6-13-33(29)37(48)47(35)23-28-14-17-32(50-4)18-15-28/h5-6,11,13-19,21,26-27,31H,7-10,12,20,22-25H2,1-4H3/t31-/m1/s1. The van der Waals surface area contributed by atoms with Crippen molar-refractivity contribution >= 4 is 22.7 Å². The van der Waals surface area contributed by atoms with Crippen LogP contribution in [-0.2, 0) is 17.8 Å². The molecule has 4 heterocycles. The van der Waals surface area contributed by atoms with E-state index in [0.29, 0.717) is 42.3 Å². The maximum absolute atomic E-state index is 13.8. The largest absolute Gasteiger partial charge is 0.497 e. The SMILES string of the molecule is COc1ccc(Cn2c(-c3cn(Cc4ccc(N5CCC[C@@H](N(CC6CCC6)C(=O)OC(C)(C)C)C5)nn4)nn3)cc3ccccc3c2=O)cc1. The van der Waals surface area contributed by atoms with Crippen LogP contribution in [0.2, 0.25) is 0 Å². The number of aromatic nitrogens is 6. The van der Waals surface area contributed by atoms with Crippen molar-refractivity contribution in [2.45, 2.75) is 77.6 Å². The third-order valence-corrected chi connectivity index (χ3v) is 9.82. The van der Waals surface area contributed by atoms with E-state index < -0.39 is 5.60 Å². The van der Waals surface area contributed by atoms with Crippen LogP contribution in [-0.4, -0.2) is 79.1 Å². The van der Waals surface area contributed by atoms with Crippen LogP contribution in [0.1, 0.15) is 64.1 Å². The maximum atomic E-state index is 13.8. The minimum Gasteiger partial charge on any atom is -0.497 e. The lowest BCUT2D eigenvalue weighted by Crippen LogP contribution is -2.53. The highest BCUT2D eigenvalue weighted by atomic mass is 16.6. The summed E-state index contributed by atoms with van der Waals surface area (Å²) >= 11 is 0. The Morgan fingerprint density at radius 1 is 0.941 bits per heavy atom. The summed E-state index contributed by atoms with van der Waals surface area (Å²) in [4.78, 5) is 31.3. The zero-order valence-corrected chi connectivity index (χ0v) is 29.9. The zero-order valence-electron chi connectivity index (χ0n) is 29.9. The average Bonchev–Trinajstić information content (AvgIpc) is 3.57. The first kappa shape index (κ1) is 34.2. The topological polar surface area (TPSA) is 120 Å². The number of carbonyl (C=O) groups excluding carboxylic acids is 1. The molecule has 0 radical (unpaired) electrons. The Balaban J connectivity index is 1.07. The second kappa shape index (κ2) is 14.5. The van der Waals surface area contributed by atoms with E-state index in [1.165, 1.54) is 19.3 Å². The highest BCUT2D eigenvalue weighted by Crippen LogP contribution is 2.31. The van der Waals surface area contributed by atoms with E-state index in [9.17, 15) is 9.59 Å². The van der Waals surface area contributed by atoms with Gasteiger partial charge in [-0.15, -0.1) is 10.2 Å². The van der Waals surface area contributed by atoms with Gasteiger partial charge >= 0.3 is 6.09 Å². The Hall–Kier alpha value is -5.26. The molecule has 51 heavy (non-hydrogen) atoms. The van der Waals surface area contributed by atoms with Gasteiger partial charge in [0.15, 0.2) is 5.82 Å². The van der Waals surface area contributed by atoms with E-state index >= 15 is 0 Å². The number of benzene rings is 2. The third kappa shape index (κ3) is 7.90. The van der Waals surface area contributed by atoms with Gasteiger partial charge in [-0.25, -0.2) is 9.48 Å². The second-order valence-electron chi connectivity index (χ2n) is 14.7. The molecule has 1 saturated heterocycles. The van der Waals surface area contributed by atoms with Gasteiger partial charge in [-0.1, -0.05) is 42.0 Å². The molecule has 0 spiro atoms. The molecule has 3 aromatic heterocycles. The molecule has 1 saturated carbocycles. The number of hydrogen-bond acceptors (Lipinski definition) is 9. The molecule has 5 aromatic rings. The Labute approximate surface area is 298 Å². The van der Waals surface area contributed by atoms with Crippen molar-refractivity contribution in [1.29, 1.82) is 0 Å². The van der Waals surface area contributed by atoms with E-state index in [1.54, 1.807) is 16.4 Å². The zero-order chi connectivity index (χ0) is 35.5. The minimum absolute atomic E-state index is 0.0569. The summed E-state index contributed by atoms with van der Waals surface area (Å²) in [5.74, 6) is 2.09. The lowest BCUT2D eigenvalue weighted by atomic mass is 9.84. The van der Waals surface area contributed by atoms with Gasteiger partial charge in [-0.05, 0) is 99.7 Å². The van der Waals surface area contributed by atoms with E-state index in [4.69, 9.17) is 9.47 Å². The number of pyridine rings is 1. The number of nitrogens with zero attached hydrogens (tertiary/aromatic N) is 8. The van der Waals surface area contributed by atoms with Crippen molar-refractivity contribution in [1.82, 2.24) is 34.7 Å². The summed E-state index contributed by atoms with van der Waals surface area (Å²) in [6.07, 6.45) is 7.08. The van der Waals surface area contributed by atoms with E-state index in [-0.39, 0.29) is 17.7 Å². The van der Waals surface area contributed by atoms with E-state index in [2.05, 4.69) is 25.4 Å². The second-order valence-corrected chi connectivity index (χ2v) is 14.7. The Morgan fingerprint density at radius 3 is 2.45 bits per heavy atom. The van der Waals surface area contributed by atoms with Crippen molar-refractivity contribution in [2.24, 2.45) is 5.92 Å². The first-order valence-electron chi connectivity index (χ1n) is 17.9. The molecule has 1 aliphatic carbocycles. The summed E-state index contributed by atoms with van der Waals surface area (Å²) in [7, 11) is 1.63. The Morgan fingerprint density at radius 2 is 1.75 bits per heavy atom. The van der Waals surface area contributed by atoms with E-state index in [0.717, 1.165) is 54.1 Å². The monoisotopic (exact) mass is 690 g/mol. The molecule has 266 valence electrons. The van der Waals surface area contributed by atoms with Crippen LogP contribution in [0.25, 0.3) is 22.2 Å². The smallest absolute Gasteiger partial charge is 0.410 e. The highest BCUT2D eigenvalue weighted by Gasteiger charge is 2.35. The van der Waals surface area contributed by atoms with Crippen molar-refractivity contribution in [3.8, 4) is 17.1 Å². The quantitative estimate of drug-likeness (QED) is 0.170. The summed E-state index contributed by atoms with van der Waals surface area (Å²) < 4.78 is 14.6. The third-order valence-electron chi connectivity index (χ3n) is 9.82. The minimum atomic E-state index is -0.539. The van der Waals surface area contributed by atoms with Crippen molar-refractivity contribution < 1.29 is 14.3 Å². The molecule has 7 rings (SSSR count). The Bertz CT molecular complexity index is 2030. The number of rotatable bonds is 10. The van der Waals surface area contributed by atoms with Crippen molar-refractivity contribution in [3.63, 3.8) is 0 Å². The molecule has 2 aromatic carbocycles. The maximum Gasteiger partial charge on any atom is 0.410 e. The molecular formula is C39H46N8O4. The van der Waals surface area contributed by atoms with Gasteiger partial charge in [0.1, 0.15) is 17.0 Å². The first-order valence-corrected chi connectivity index (χ1v) is 17.9. The number of ether oxygens (including phenoxy) is 2. The fraction of sp³-hybridized carbons (Fsp3) is 0.436. The van der Waals surface area contributed by atoms with Crippen LogP contribution in [0, 0.1) is 5.92 Å². The molecule has 1 aliphatic heterocycles. The fourth-order valence-corrected chi connectivity index (χ4v) is 6.91. The lowest BCUT2D eigenvalue weighted by molar-refractivity contribution is 0.00733. The lowest BCUT2D eigenvalue weighted by Gasteiger charge is -2.42. The number of hydrogen-bond donors (Lipinski definition) is 0. The number of amides is 1. The van der Waals surface area contributed by atoms with E-state index in [1.807, 2.05) is 98.6 Å². The molecule has 0 N–H and O–H groups in total. The van der Waals surface area contributed by atoms with Crippen molar-refractivity contribution in [3.05, 3.63) is 94.5 Å². The predicted octanol–water partition coefficient (Wildman–Crippen LogP) is 6.16. The number of anilines is 1. The summed E-state index contributed by atoms with van der Waals surface area (Å²) in [6, 6.07) is 21.3. The van der Waals surface area contributed by atoms with Gasteiger partial charge in [0.05, 0.1) is 43.8 Å². The van der Waals surface area contributed by atoms with Crippen LogP contribution in [0.15, 0.2) is 77.7 Å². The normalized spacial score (nSPS) is 16.5. The molecule has 0 bridgehead atoms. The summed E-state index contributed by atoms with van der Waals surface area (Å²) in [5, 5.41) is 19.5. The number of piperidine rings is 1. The average molecular weight is 691 g/mol. The molecule has 12 heteroatoms. The Kier molecular flexibility index (Phi) is 9.75. The van der Waals surface area contributed by atoms with Crippen LogP contribution in [0.5, 0.6) is 5.75 Å². The molecule has 2 fully saturated rings. The predicted molar refractivity (Wildman–Crippen MR) is 196 cm³/mol. The van der Waals surface area contributed by atoms with Crippen LogP contribution >= 0.6 is 0 Å². The van der Waals surface area contributed by atoms with Gasteiger partial charge in [0.25, 0.3) is 5.56 Å². The van der Waals surface area contributed by atoms with Gasteiger partial charge in [-0.2, -0.15) is 5.10 Å². The molecule has 1 amide bonds. The molecule has 2 aliphatic rings. The molecule has 0 unspecified atom stereocenters. The van der Waals surface area contributed by atoms with Crippen LogP contribution in [0.4, 0.5) is 10.6 Å². The highest BCUT2D eigenvalue weighted by molar-refractivity contribution is 5.85. The number of fused-ring (bicyclic) bond motifs is 1. The summed E-state index contributed by atoms with van der Waals surface area (Å²) in [6.45, 7) is 8.79. The van der Waals surface area contributed by atoms with Gasteiger partial charge in [0, 0.05) is 25.0 Å². The van der Waals surface area contributed by atoms with Crippen LogP contribution in [0.3, 0.4) is 0 Å². The number of methoxy groups -OCH3 is 1. The van der Waals surface area contributed by atoms with Crippen LogP contribution < -0.4 is 15.2 Å². The van der Waals surface area contributed by atoms with Gasteiger partial charge < -0.3 is 23.8 Å². The molecular weight excluding hydrogens is 644 g/mol. The fourth-order valence-electron chi connectivity index (χ4n) is 6.91. The summed E-state index contributed by atoms with van der Waals surface area (Å²) in [5.41, 5.74) is 2.34. The molecule has 12 nitrogen and oxygen atoms in total. The van der Waals surface area contributed by atoms with Gasteiger partial charge in [-0.3, -0.25) is 4.79 Å². The first-order chi connectivity index (χ1) is 24.6. The number of carbonyl (C=O) groups is 1. The van der Waals surface area contributed by atoms with Gasteiger partial charge in [0.2, 0.25) is 0 Å².